The van der Waals surface area contributed by atoms with Gasteiger partial charge in [0.25, 0.3) is 0 Å². The lowest BCUT2D eigenvalue weighted by Gasteiger charge is -2.40. The van der Waals surface area contributed by atoms with E-state index in [-0.39, 0.29) is 10.9 Å². The van der Waals surface area contributed by atoms with Crippen molar-refractivity contribution in [2.24, 2.45) is 0 Å². The van der Waals surface area contributed by atoms with Gasteiger partial charge in [0.1, 0.15) is 0 Å². The number of nitrogens with zero attached hydrogens (tertiary/aromatic N) is 1. The van der Waals surface area contributed by atoms with Gasteiger partial charge in [0.2, 0.25) is 0 Å². The second-order valence-corrected chi connectivity index (χ2v) is 6.72. The van der Waals surface area contributed by atoms with Crippen molar-refractivity contribution in [1.29, 1.82) is 0 Å². The molecule has 2 heterocycles. The van der Waals surface area contributed by atoms with E-state index in [1.165, 1.54) is 15.3 Å². The topological polar surface area (TPSA) is 3.24 Å². The van der Waals surface area contributed by atoms with Gasteiger partial charge in [-0.05, 0) is 39.8 Å². The van der Waals surface area contributed by atoms with Gasteiger partial charge >= 0.3 is 0 Å². The Morgan fingerprint density at radius 2 is 2.07 bits per heavy atom. The van der Waals surface area contributed by atoms with Crippen molar-refractivity contribution in [2.75, 3.05) is 0 Å². The monoisotopic (exact) mass is 239 g/mol. The molecule has 0 N–H and O–H groups in total. The minimum atomic E-state index is 0.121. The van der Waals surface area contributed by atoms with Gasteiger partial charge in [-0.1, -0.05) is 0 Å². The van der Waals surface area contributed by atoms with E-state index in [0.717, 1.165) is 0 Å². The van der Waals surface area contributed by atoms with Crippen LogP contribution in [0.25, 0.3) is 6.08 Å². The quantitative estimate of drug-likeness (QED) is 0.668. The fourth-order valence-corrected chi connectivity index (χ4v) is 3.53. The molecule has 0 saturated heterocycles. The molecule has 0 saturated carbocycles. The predicted molar refractivity (Wildman–Crippen MR) is 71.4 cm³/mol. The second kappa shape index (κ2) is 3.56. The molecule has 0 radical (unpaired) electrons. The molecule has 3 heteroatoms. The summed E-state index contributed by atoms with van der Waals surface area (Å²) >= 11 is 6.57. The number of thiol groups is 1. The molecular formula is C12H17NS2. The van der Waals surface area contributed by atoms with Crippen molar-refractivity contribution in [3.05, 3.63) is 27.6 Å². The standard InChI is InChI=1S/C12H17NS2/c1-8-7-9-10(15-8)5-6-13(11(9)14)12(2,3)4/h5-7,11,14H,1-4H3. The number of rotatable bonds is 0. The van der Waals surface area contributed by atoms with Crippen molar-refractivity contribution in [3.63, 3.8) is 0 Å². The van der Waals surface area contributed by atoms with Crippen LogP contribution in [0.15, 0.2) is 12.3 Å². The van der Waals surface area contributed by atoms with Crippen LogP contribution in [0.3, 0.4) is 0 Å². The van der Waals surface area contributed by atoms with Gasteiger partial charge in [-0.15, -0.1) is 24.0 Å². The molecule has 1 atom stereocenters. The van der Waals surface area contributed by atoms with Crippen LogP contribution in [0, 0.1) is 6.92 Å². The molecule has 2 rings (SSSR count). The summed E-state index contributed by atoms with van der Waals surface area (Å²) in [6.07, 6.45) is 4.36. The Hall–Kier alpha value is -0.410. The molecule has 1 unspecified atom stereocenters. The number of fused-ring (bicyclic) bond motifs is 1. The first-order chi connectivity index (χ1) is 6.89. The fourth-order valence-electron chi connectivity index (χ4n) is 1.85. The molecular weight excluding hydrogens is 222 g/mol. The molecule has 1 nitrogen and oxygen atoms in total. The molecule has 15 heavy (non-hydrogen) atoms. The van der Waals surface area contributed by atoms with Gasteiger partial charge in [-0.25, -0.2) is 0 Å². The van der Waals surface area contributed by atoms with Crippen LogP contribution >= 0.6 is 24.0 Å². The summed E-state index contributed by atoms with van der Waals surface area (Å²) in [6.45, 7) is 8.79. The summed E-state index contributed by atoms with van der Waals surface area (Å²) < 4.78 is 0. The number of hydrogen-bond donors (Lipinski definition) is 1. The van der Waals surface area contributed by atoms with Gasteiger partial charge in [0.05, 0.1) is 5.37 Å². The maximum atomic E-state index is 4.72. The first-order valence-electron chi connectivity index (χ1n) is 5.14. The zero-order chi connectivity index (χ0) is 11.2. The SMILES string of the molecule is Cc1cc2c(s1)C=CN(C(C)(C)C)C2S. The first kappa shape index (κ1) is 11.1. The zero-order valence-corrected chi connectivity index (χ0v) is 11.3. The van der Waals surface area contributed by atoms with Gasteiger partial charge in [-0.3, -0.25) is 0 Å². The molecule has 82 valence electrons. The molecule has 1 aromatic heterocycles. The molecule has 0 spiro atoms. The van der Waals surface area contributed by atoms with Crippen molar-refractivity contribution in [3.8, 4) is 0 Å². The van der Waals surface area contributed by atoms with Crippen molar-refractivity contribution >= 4 is 30.0 Å². The molecule has 1 aliphatic heterocycles. The Bertz CT molecular complexity index is 398. The van der Waals surface area contributed by atoms with Crippen LogP contribution in [0.4, 0.5) is 0 Å². The van der Waals surface area contributed by atoms with Crippen LogP contribution in [-0.2, 0) is 0 Å². The second-order valence-electron chi connectivity index (χ2n) is 4.94. The third kappa shape index (κ3) is 1.95. The molecule has 0 amide bonds. The van der Waals surface area contributed by atoms with E-state index in [1.807, 2.05) is 11.3 Å². The maximum Gasteiger partial charge on any atom is 0.0990 e. The Labute approximate surface area is 101 Å². The van der Waals surface area contributed by atoms with E-state index >= 15 is 0 Å². The summed E-state index contributed by atoms with van der Waals surface area (Å²) in [5, 5.41) is 0.190. The van der Waals surface area contributed by atoms with E-state index < -0.39 is 0 Å². The third-order valence-corrected chi connectivity index (χ3v) is 4.18. The Morgan fingerprint density at radius 3 is 2.67 bits per heavy atom. The van der Waals surface area contributed by atoms with Gasteiger partial charge in [-0.2, -0.15) is 0 Å². The van der Waals surface area contributed by atoms with Crippen molar-refractivity contribution < 1.29 is 0 Å². The molecule has 1 aromatic rings. The Kier molecular flexibility index (Phi) is 2.63. The lowest BCUT2D eigenvalue weighted by molar-refractivity contribution is 0.192. The Morgan fingerprint density at radius 1 is 1.40 bits per heavy atom. The lowest BCUT2D eigenvalue weighted by Crippen LogP contribution is -2.39. The fraction of sp³-hybridized carbons (Fsp3) is 0.500. The highest BCUT2D eigenvalue weighted by Crippen LogP contribution is 2.40. The van der Waals surface area contributed by atoms with E-state index in [4.69, 9.17) is 12.6 Å². The van der Waals surface area contributed by atoms with E-state index in [0.29, 0.717) is 0 Å². The number of hydrogen-bond acceptors (Lipinski definition) is 3. The van der Waals surface area contributed by atoms with E-state index in [1.54, 1.807) is 0 Å². The molecule has 0 fully saturated rings. The smallest absolute Gasteiger partial charge is 0.0990 e. The van der Waals surface area contributed by atoms with E-state index in [2.05, 4.69) is 50.9 Å². The minimum Gasteiger partial charge on any atom is -0.357 e. The van der Waals surface area contributed by atoms with Crippen LogP contribution < -0.4 is 0 Å². The first-order valence-corrected chi connectivity index (χ1v) is 6.48. The summed E-state index contributed by atoms with van der Waals surface area (Å²) in [4.78, 5) is 5.01. The van der Waals surface area contributed by atoms with Gasteiger partial charge in [0.15, 0.2) is 0 Å². The highest BCUT2D eigenvalue weighted by Gasteiger charge is 2.29. The Balaban J connectivity index is 2.40. The van der Waals surface area contributed by atoms with Crippen molar-refractivity contribution in [2.45, 2.75) is 38.6 Å². The maximum absolute atomic E-state index is 4.72. The number of thiophene rings is 1. The third-order valence-electron chi connectivity index (χ3n) is 2.62. The zero-order valence-electron chi connectivity index (χ0n) is 9.61. The van der Waals surface area contributed by atoms with Crippen LogP contribution in [0.1, 0.15) is 41.5 Å². The van der Waals surface area contributed by atoms with E-state index in [9.17, 15) is 0 Å². The lowest BCUT2D eigenvalue weighted by atomic mass is 10.0. The molecule has 0 aliphatic carbocycles. The summed E-state index contributed by atoms with van der Waals surface area (Å²) in [7, 11) is 0. The summed E-state index contributed by atoms with van der Waals surface area (Å²) in [6, 6.07) is 2.25. The van der Waals surface area contributed by atoms with Crippen LogP contribution in [0.2, 0.25) is 0 Å². The van der Waals surface area contributed by atoms with Crippen molar-refractivity contribution in [1.82, 2.24) is 4.90 Å². The molecule has 0 bridgehead atoms. The molecule has 1 aliphatic rings. The molecule has 0 aromatic carbocycles. The highest BCUT2D eigenvalue weighted by atomic mass is 32.1. The van der Waals surface area contributed by atoms with Crippen LogP contribution in [-0.4, -0.2) is 10.4 Å². The minimum absolute atomic E-state index is 0.121. The predicted octanol–water partition coefficient (Wildman–Crippen LogP) is 4.07. The van der Waals surface area contributed by atoms with Crippen LogP contribution in [0.5, 0.6) is 0 Å². The highest BCUT2D eigenvalue weighted by molar-refractivity contribution is 7.80. The number of aryl methyl sites for hydroxylation is 1. The largest absolute Gasteiger partial charge is 0.357 e. The average molecular weight is 239 g/mol. The van der Waals surface area contributed by atoms with Gasteiger partial charge in [0, 0.05) is 27.1 Å². The summed E-state index contributed by atoms with van der Waals surface area (Å²) in [5.41, 5.74) is 1.47. The normalized spacial score (nSPS) is 20.6. The van der Waals surface area contributed by atoms with Gasteiger partial charge < -0.3 is 4.90 Å². The summed E-state index contributed by atoms with van der Waals surface area (Å²) in [5.74, 6) is 0. The average Bonchev–Trinajstić information content (AvgIpc) is 2.44.